The lowest BCUT2D eigenvalue weighted by molar-refractivity contribution is -0.141. The summed E-state index contributed by atoms with van der Waals surface area (Å²) in [5, 5.41) is 3.70. The van der Waals surface area contributed by atoms with Gasteiger partial charge in [0.1, 0.15) is 18.3 Å². The third-order valence-electron chi connectivity index (χ3n) is 6.60. The fraction of sp³-hybridized carbons (Fsp3) is 0.375. The fourth-order valence-electron chi connectivity index (χ4n) is 4.48. The second-order valence-corrected chi connectivity index (χ2v) is 14.6. The summed E-state index contributed by atoms with van der Waals surface area (Å²) in [6.45, 7) is 9.04. The highest BCUT2D eigenvalue weighted by Gasteiger charge is 2.35. The number of hydrogen-bond donors (Lipinski definition) is 1. The van der Waals surface area contributed by atoms with Gasteiger partial charge in [-0.3, -0.25) is 13.9 Å². The van der Waals surface area contributed by atoms with E-state index in [2.05, 4.69) is 5.32 Å². The zero-order chi connectivity index (χ0) is 32.7. The Hall–Kier alpha value is -2.92. The van der Waals surface area contributed by atoms with Crippen LogP contribution in [0.25, 0.3) is 0 Å². The number of halogens is 2. The van der Waals surface area contributed by atoms with Crippen molar-refractivity contribution in [3.63, 3.8) is 0 Å². The van der Waals surface area contributed by atoms with E-state index in [4.69, 9.17) is 27.9 Å². The lowest BCUT2D eigenvalue weighted by Gasteiger charge is -2.35. The first-order valence-electron chi connectivity index (χ1n) is 14.1. The summed E-state index contributed by atoms with van der Waals surface area (Å²) in [4.78, 5) is 30.1. The number of sulfonamides is 1. The van der Waals surface area contributed by atoms with Crippen LogP contribution in [0.1, 0.15) is 46.6 Å². The summed E-state index contributed by atoms with van der Waals surface area (Å²) in [7, 11) is -4.21. The Labute approximate surface area is 275 Å². The quantitative estimate of drug-likeness (QED) is 0.195. The first kappa shape index (κ1) is 35.6. The smallest absolute Gasteiger partial charge is 0.264 e. The fourth-order valence-corrected chi connectivity index (χ4v) is 6.78. The van der Waals surface area contributed by atoms with Crippen molar-refractivity contribution in [2.45, 2.75) is 69.0 Å². The van der Waals surface area contributed by atoms with Crippen LogP contribution in [0.3, 0.4) is 0 Å². The maximum Gasteiger partial charge on any atom is 0.264 e. The molecule has 12 heteroatoms. The van der Waals surface area contributed by atoms with E-state index in [9.17, 15) is 18.0 Å². The Morgan fingerprint density at radius 2 is 1.61 bits per heavy atom. The van der Waals surface area contributed by atoms with Gasteiger partial charge in [0.25, 0.3) is 10.0 Å². The van der Waals surface area contributed by atoms with E-state index < -0.39 is 34.1 Å². The molecule has 0 saturated heterocycles. The molecule has 0 aliphatic heterocycles. The van der Waals surface area contributed by atoms with Crippen LogP contribution in [0.15, 0.2) is 76.5 Å². The van der Waals surface area contributed by atoms with Gasteiger partial charge in [0.15, 0.2) is 0 Å². The molecule has 0 aromatic heterocycles. The molecule has 0 fully saturated rings. The largest absolute Gasteiger partial charge is 0.494 e. The van der Waals surface area contributed by atoms with Crippen molar-refractivity contribution >= 4 is 62.5 Å². The molecule has 0 saturated carbocycles. The molecule has 1 N–H and O–H groups in total. The van der Waals surface area contributed by atoms with Crippen molar-refractivity contribution in [3.05, 3.63) is 82.3 Å². The van der Waals surface area contributed by atoms with E-state index in [0.717, 1.165) is 9.20 Å². The van der Waals surface area contributed by atoms with Crippen molar-refractivity contribution in [3.8, 4) is 5.75 Å². The molecule has 3 rings (SSSR count). The van der Waals surface area contributed by atoms with Crippen LogP contribution in [0.4, 0.5) is 5.69 Å². The van der Waals surface area contributed by atoms with Gasteiger partial charge >= 0.3 is 0 Å². The summed E-state index contributed by atoms with van der Waals surface area (Å²) in [6, 6.07) is 17.0. The second-order valence-electron chi connectivity index (χ2n) is 11.0. The van der Waals surface area contributed by atoms with Gasteiger partial charge in [-0.15, -0.1) is 11.8 Å². The van der Waals surface area contributed by atoms with Gasteiger partial charge in [-0.1, -0.05) is 36.2 Å². The molecule has 3 aromatic rings. The zero-order valence-electron chi connectivity index (χ0n) is 25.8. The van der Waals surface area contributed by atoms with Crippen LogP contribution in [-0.4, -0.2) is 56.1 Å². The minimum atomic E-state index is -4.21. The van der Waals surface area contributed by atoms with E-state index >= 15 is 0 Å². The Kier molecular flexibility index (Phi) is 12.4. The molecule has 0 aliphatic rings. The third-order valence-corrected chi connectivity index (χ3v) is 9.72. The highest BCUT2D eigenvalue weighted by molar-refractivity contribution is 7.98. The van der Waals surface area contributed by atoms with Gasteiger partial charge in [-0.25, -0.2) is 8.42 Å². The normalized spacial score (nSPS) is 12.4. The molecule has 8 nitrogen and oxygen atoms in total. The highest BCUT2D eigenvalue weighted by atomic mass is 35.5. The van der Waals surface area contributed by atoms with E-state index in [-0.39, 0.29) is 29.5 Å². The predicted octanol–water partition coefficient (Wildman–Crippen LogP) is 7.03. The van der Waals surface area contributed by atoms with Crippen LogP contribution in [0.5, 0.6) is 5.75 Å². The average Bonchev–Trinajstić information content (AvgIpc) is 2.96. The Morgan fingerprint density at radius 3 is 2.14 bits per heavy atom. The van der Waals surface area contributed by atoms with Crippen LogP contribution < -0.4 is 14.4 Å². The summed E-state index contributed by atoms with van der Waals surface area (Å²) >= 11 is 14.1. The number of ether oxygens (including phenoxy) is 1. The van der Waals surface area contributed by atoms with Crippen molar-refractivity contribution in [2.24, 2.45) is 0 Å². The molecular weight excluding hydrogens is 641 g/mol. The van der Waals surface area contributed by atoms with E-state index in [1.54, 1.807) is 61.5 Å². The zero-order valence-corrected chi connectivity index (χ0v) is 28.9. The summed E-state index contributed by atoms with van der Waals surface area (Å²) in [5.41, 5.74) is 0.277. The molecule has 238 valence electrons. The van der Waals surface area contributed by atoms with Crippen molar-refractivity contribution in [2.75, 3.05) is 23.7 Å². The molecule has 2 amide bonds. The maximum absolute atomic E-state index is 14.3. The molecule has 0 spiro atoms. The van der Waals surface area contributed by atoms with Gasteiger partial charge in [0.2, 0.25) is 11.8 Å². The maximum atomic E-state index is 14.3. The van der Waals surface area contributed by atoms with E-state index in [0.29, 0.717) is 28.0 Å². The molecule has 1 unspecified atom stereocenters. The average molecular weight is 681 g/mol. The Bertz CT molecular complexity index is 1540. The molecule has 0 bridgehead atoms. The lowest BCUT2D eigenvalue weighted by Crippen LogP contribution is -2.55. The lowest BCUT2D eigenvalue weighted by atomic mass is 10.1. The number of carbonyl (C=O) groups excluding carboxylic acids is 2. The summed E-state index contributed by atoms with van der Waals surface area (Å²) in [6.07, 6.45) is 2.18. The third kappa shape index (κ3) is 9.30. The molecule has 0 heterocycles. The van der Waals surface area contributed by atoms with Gasteiger partial charge in [0.05, 0.1) is 17.2 Å². The Morgan fingerprint density at radius 1 is 0.977 bits per heavy atom. The molecule has 0 aliphatic carbocycles. The number of nitrogens with one attached hydrogen (secondary N) is 1. The molecule has 0 radical (unpaired) electrons. The van der Waals surface area contributed by atoms with Crippen molar-refractivity contribution in [1.82, 2.24) is 10.2 Å². The van der Waals surface area contributed by atoms with Crippen LogP contribution in [-0.2, 0) is 26.2 Å². The SMILES string of the molecule is CCOc1ccc(N(CC(=O)N(Cc2ccc(Cl)cc2Cl)C(CC)C(=O)NC(C)(C)C)S(=O)(=O)c2ccc(SC)cc2)cc1. The van der Waals surface area contributed by atoms with E-state index in [1.807, 2.05) is 34.0 Å². The minimum Gasteiger partial charge on any atom is -0.494 e. The summed E-state index contributed by atoms with van der Waals surface area (Å²) in [5.74, 6) is -0.375. The highest BCUT2D eigenvalue weighted by Crippen LogP contribution is 2.29. The number of anilines is 1. The van der Waals surface area contributed by atoms with E-state index in [1.165, 1.54) is 28.8 Å². The van der Waals surface area contributed by atoms with Crippen LogP contribution in [0.2, 0.25) is 10.0 Å². The van der Waals surface area contributed by atoms with Crippen molar-refractivity contribution in [1.29, 1.82) is 0 Å². The molecular formula is C32H39Cl2N3O5S2. The number of benzene rings is 3. The number of carbonyl (C=O) groups is 2. The molecule has 3 aromatic carbocycles. The predicted molar refractivity (Wildman–Crippen MR) is 179 cm³/mol. The number of amides is 2. The van der Waals surface area contributed by atoms with Gasteiger partial charge < -0.3 is 15.0 Å². The number of rotatable bonds is 13. The van der Waals surface area contributed by atoms with Gasteiger partial charge in [0, 0.05) is 27.0 Å². The monoisotopic (exact) mass is 679 g/mol. The number of nitrogens with zero attached hydrogens (tertiary/aromatic N) is 2. The first-order chi connectivity index (χ1) is 20.7. The molecule has 44 heavy (non-hydrogen) atoms. The number of hydrogen-bond acceptors (Lipinski definition) is 6. The topological polar surface area (TPSA) is 96.0 Å². The van der Waals surface area contributed by atoms with Crippen LogP contribution in [0, 0.1) is 0 Å². The van der Waals surface area contributed by atoms with Gasteiger partial charge in [-0.2, -0.15) is 0 Å². The summed E-state index contributed by atoms with van der Waals surface area (Å²) < 4.78 is 34.8. The second kappa shape index (κ2) is 15.4. The molecule has 1 atom stereocenters. The van der Waals surface area contributed by atoms with Crippen LogP contribution >= 0.6 is 35.0 Å². The van der Waals surface area contributed by atoms with Gasteiger partial charge in [-0.05, 0) is 107 Å². The van der Waals surface area contributed by atoms with Crippen molar-refractivity contribution < 1.29 is 22.7 Å². The minimum absolute atomic E-state index is 0.0294. The number of thioether (sulfide) groups is 1. The Balaban J connectivity index is 2.10. The standard InChI is InChI=1S/C32H39Cl2N3O5S2/c1-7-29(31(39)35-32(3,4)5)36(20-22-9-10-23(33)19-28(22)34)30(38)21-37(24-11-13-25(14-12-24)42-8-2)44(40,41)27-17-15-26(43-6)16-18-27/h9-19,29H,7-8,20-21H2,1-6H3,(H,35,39). The first-order valence-corrected chi connectivity index (χ1v) is 17.6.